The summed E-state index contributed by atoms with van der Waals surface area (Å²) in [7, 11) is 0. The van der Waals surface area contributed by atoms with E-state index in [1.165, 1.54) is 18.3 Å². The summed E-state index contributed by atoms with van der Waals surface area (Å²) in [5.74, 6) is -2.51. The molecule has 0 spiro atoms. The molecule has 2 aromatic carbocycles. The molecule has 4 atom stereocenters. The van der Waals surface area contributed by atoms with Crippen LogP contribution in [-0.2, 0) is 0 Å². The Balaban J connectivity index is 1.29. The number of aromatic nitrogens is 4. The number of rotatable bonds is 5. The number of ether oxygens (including phenoxy) is 1. The fourth-order valence-corrected chi connectivity index (χ4v) is 7.48. The van der Waals surface area contributed by atoms with E-state index in [4.69, 9.17) is 9.72 Å². The minimum Gasteiger partial charge on any atom is -0.508 e. The van der Waals surface area contributed by atoms with Gasteiger partial charge in [-0.05, 0) is 48.9 Å². The van der Waals surface area contributed by atoms with Gasteiger partial charge in [-0.25, -0.2) is 13.2 Å². The zero-order valence-electron chi connectivity index (χ0n) is 23.7. The fraction of sp³-hybridized carbons (Fsp3) is 0.419. The van der Waals surface area contributed by atoms with Crippen molar-refractivity contribution in [1.29, 1.82) is 0 Å². The Hall–Kier alpha value is -4.07. The molecule has 10 nitrogen and oxygen atoms in total. The molecule has 3 N–H and O–H groups in total. The van der Waals surface area contributed by atoms with Crippen LogP contribution in [0.25, 0.3) is 32.9 Å². The Bertz CT molecular complexity index is 1920. The van der Waals surface area contributed by atoms with Gasteiger partial charge in [0.05, 0.1) is 28.5 Å². The highest BCUT2D eigenvalue weighted by molar-refractivity contribution is 5.93. The first kappa shape index (κ1) is 27.5. The van der Waals surface area contributed by atoms with Crippen molar-refractivity contribution in [3.8, 4) is 17.4 Å². The number of hydrogen-bond donors (Lipinski definition) is 3. The van der Waals surface area contributed by atoms with E-state index >= 15 is 4.39 Å². The van der Waals surface area contributed by atoms with Crippen LogP contribution in [-0.4, -0.2) is 86.3 Å². The number of fused-ring (bicyclic) bond motifs is 5. The predicted molar refractivity (Wildman–Crippen MR) is 157 cm³/mol. The Morgan fingerprint density at radius 3 is 2.93 bits per heavy atom. The van der Waals surface area contributed by atoms with Crippen molar-refractivity contribution in [2.24, 2.45) is 0 Å². The van der Waals surface area contributed by atoms with Crippen molar-refractivity contribution in [3.63, 3.8) is 0 Å². The van der Waals surface area contributed by atoms with Crippen LogP contribution in [0.1, 0.15) is 31.4 Å². The van der Waals surface area contributed by atoms with E-state index in [1.807, 2.05) is 0 Å². The van der Waals surface area contributed by atoms with Crippen molar-refractivity contribution in [1.82, 2.24) is 35.3 Å². The van der Waals surface area contributed by atoms with E-state index in [0.29, 0.717) is 30.5 Å². The van der Waals surface area contributed by atoms with Gasteiger partial charge in [-0.2, -0.15) is 19.7 Å². The maximum Gasteiger partial charge on any atom is 0.317 e. The monoisotopic (exact) mass is 605 g/mol. The third-order valence-corrected chi connectivity index (χ3v) is 9.43. The highest BCUT2D eigenvalue weighted by Gasteiger charge is 2.49. The molecule has 8 rings (SSSR count). The Morgan fingerprint density at radius 1 is 1.18 bits per heavy atom. The van der Waals surface area contributed by atoms with Gasteiger partial charge >= 0.3 is 6.01 Å². The van der Waals surface area contributed by atoms with Crippen LogP contribution in [0.5, 0.6) is 11.8 Å². The first-order chi connectivity index (χ1) is 21.3. The van der Waals surface area contributed by atoms with E-state index in [2.05, 4.69) is 31.7 Å². The maximum absolute atomic E-state index is 15.1. The zero-order chi connectivity index (χ0) is 30.2. The molecule has 0 radical (unpaired) electrons. The number of phenolic OH excluding ortho intramolecular Hbond substituents is 1. The summed E-state index contributed by atoms with van der Waals surface area (Å²) >= 11 is 0. The molecular weight excluding hydrogens is 575 g/mol. The van der Waals surface area contributed by atoms with Crippen molar-refractivity contribution >= 4 is 27.2 Å². The lowest BCUT2D eigenvalue weighted by atomic mass is 9.92. The van der Waals surface area contributed by atoms with Gasteiger partial charge in [0.2, 0.25) is 0 Å². The maximum atomic E-state index is 15.1. The standard InChI is InChI=1S/C31H30F3N7O3/c32-18-10-31(4-1-5-40(31)14-18)15-44-30-38-27(17-6-19-11-35-12-20(7-17)37-19)22-13-36-41(29(43)28(22)39-30)24-9-21(42)8-16-2-3-23(33)26(34)25(16)24/h2-3,6,8-9,13,18-20,35,37,42H,1,4-5,7,10-12,14-15H2/t18-,19?,20?,31+/m1/s1. The second-order valence-electron chi connectivity index (χ2n) is 12.3. The quantitative estimate of drug-likeness (QED) is 0.316. The smallest absolute Gasteiger partial charge is 0.317 e. The highest BCUT2D eigenvalue weighted by Crippen LogP contribution is 2.40. The number of nitrogens with zero attached hydrogens (tertiary/aromatic N) is 5. The van der Waals surface area contributed by atoms with E-state index in [-0.39, 0.29) is 52.4 Å². The van der Waals surface area contributed by atoms with Crippen LogP contribution >= 0.6 is 0 Å². The number of nitrogens with one attached hydrogen (secondary N) is 2. The second-order valence-corrected chi connectivity index (χ2v) is 12.3. The molecule has 0 amide bonds. The first-order valence-electron chi connectivity index (χ1n) is 14.9. The molecule has 44 heavy (non-hydrogen) atoms. The Labute approximate surface area is 249 Å². The van der Waals surface area contributed by atoms with Crippen LogP contribution in [0, 0.1) is 11.6 Å². The van der Waals surface area contributed by atoms with Crippen LogP contribution in [0.3, 0.4) is 0 Å². The SMILES string of the molecule is O=c1c2nc(OC[C@@]34CCCN3C[C@H](F)C4)nc(C3=CC4CNCC(C3)N4)c2cnn1-c1cc(O)cc2ccc(F)c(F)c12. The highest BCUT2D eigenvalue weighted by atomic mass is 19.2. The van der Waals surface area contributed by atoms with Crippen molar-refractivity contribution in [2.45, 2.75) is 49.5 Å². The summed E-state index contributed by atoms with van der Waals surface area (Å²) in [6, 6.07) is 4.94. The molecule has 4 aromatic rings. The molecular formula is C31H30F3N7O3. The van der Waals surface area contributed by atoms with Crippen molar-refractivity contribution in [2.75, 3.05) is 32.8 Å². The molecule has 3 fully saturated rings. The third-order valence-electron chi connectivity index (χ3n) is 9.43. The summed E-state index contributed by atoms with van der Waals surface area (Å²) in [5, 5.41) is 22.1. The minimum atomic E-state index is -1.16. The van der Waals surface area contributed by atoms with E-state index < -0.39 is 28.9 Å². The van der Waals surface area contributed by atoms with E-state index in [0.717, 1.165) is 54.9 Å². The molecule has 2 unspecified atom stereocenters. The minimum absolute atomic E-state index is 0.0217. The summed E-state index contributed by atoms with van der Waals surface area (Å²) in [4.78, 5) is 25.5. The summed E-state index contributed by atoms with van der Waals surface area (Å²) < 4.78 is 50.9. The lowest BCUT2D eigenvalue weighted by Crippen LogP contribution is -2.56. The lowest BCUT2D eigenvalue weighted by molar-refractivity contribution is 0.107. The first-order valence-corrected chi connectivity index (χ1v) is 14.9. The van der Waals surface area contributed by atoms with Crippen LogP contribution in [0.2, 0.25) is 0 Å². The van der Waals surface area contributed by atoms with Gasteiger partial charge in [-0.1, -0.05) is 12.1 Å². The molecule has 0 saturated carbocycles. The summed E-state index contributed by atoms with van der Waals surface area (Å²) in [6.07, 6.45) is 5.32. The van der Waals surface area contributed by atoms with E-state index in [9.17, 15) is 18.7 Å². The number of phenols is 1. The fourth-order valence-electron chi connectivity index (χ4n) is 7.48. The number of piperazine rings is 1. The van der Waals surface area contributed by atoms with Crippen molar-refractivity contribution < 1.29 is 23.0 Å². The van der Waals surface area contributed by atoms with Gasteiger partial charge in [-0.15, -0.1) is 0 Å². The molecule has 2 aromatic heterocycles. The van der Waals surface area contributed by atoms with Crippen LogP contribution in [0.4, 0.5) is 13.2 Å². The lowest BCUT2D eigenvalue weighted by Gasteiger charge is -2.35. The molecule has 4 aliphatic rings. The number of alkyl halides is 1. The Morgan fingerprint density at radius 2 is 2.07 bits per heavy atom. The Kier molecular flexibility index (Phi) is 6.40. The average Bonchev–Trinajstić information content (AvgIpc) is 3.53. The normalized spacial score (nSPS) is 26.7. The van der Waals surface area contributed by atoms with Gasteiger partial charge in [0, 0.05) is 49.6 Å². The molecule has 3 saturated heterocycles. The number of aromatic hydroxyl groups is 1. The van der Waals surface area contributed by atoms with Gasteiger partial charge in [0.25, 0.3) is 5.56 Å². The number of benzene rings is 2. The summed E-state index contributed by atoms with van der Waals surface area (Å²) in [6.45, 7) is 2.87. The van der Waals surface area contributed by atoms with Gasteiger partial charge in [0.15, 0.2) is 11.6 Å². The van der Waals surface area contributed by atoms with Gasteiger partial charge < -0.3 is 20.5 Å². The molecule has 228 valence electrons. The second kappa shape index (κ2) is 10.2. The average molecular weight is 606 g/mol. The molecule has 6 heterocycles. The van der Waals surface area contributed by atoms with E-state index in [1.54, 1.807) is 0 Å². The van der Waals surface area contributed by atoms with Gasteiger partial charge in [-0.3, -0.25) is 9.69 Å². The van der Waals surface area contributed by atoms with Gasteiger partial charge in [0.1, 0.15) is 24.0 Å². The molecule has 0 aliphatic carbocycles. The number of halogens is 3. The molecule has 2 bridgehead atoms. The zero-order valence-corrected chi connectivity index (χ0v) is 23.7. The summed E-state index contributed by atoms with van der Waals surface area (Å²) in [5.41, 5.74) is 0.106. The van der Waals surface area contributed by atoms with Crippen LogP contribution < -0.4 is 20.9 Å². The topological polar surface area (TPSA) is 117 Å². The van der Waals surface area contributed by atoms with Crippen molar-refractivity contribution in [3.05, 3.63) is 64.2 Å². The third kappa shape index (κ3) is 4.44. The molecule has 13 heteroatoms. The number of hydrogen-bond acceptors (Lipinski definition) is 9. The molecule has 4 aliphatic heterocycles. The van der Waals surface area contributed by atoms with Crippen LogP contribution in [0.15, 0.2) is 41.3 Å². The largest absolute Gasteiger partial charge is 0.508 e. The predicted octanol–water partition coefficient (Wildman–Crippen LogP) is 2.99.